The zero-order valence-corrected chi connectivity index (χ0v) is 17.6. The van der Waals surface area contributed by atoms with Crippen LogP contribution in [0.1, 0.15) is 32.4 Å². The largest absolute Gasteiger partial charge is 0.368 e. The van der Waals surface area contributed by atoms with Crippen molar-refractivity contribution in [2.45, 2.75) is 32.2 Å². The fourth-order valence-electron chi connectivity index (χ4n) is 4.21. The quantitative estimate of drug-likeness (QED) is 0.646. The number of rotatable bonds is 3. The van der Waals surface area contributed by atoms with Crippen molar-refractivity contribution in [1.29, 1.82) is 0 Å². The van der Waals surface area contributed by atoms with Gasteiger partial charge in [-0.2, -0.15) is 4.98 Å². The van der Waals surface area contributed by atoms with Gasteiger partial charge in [0, 0.05) is 48.2 Å². The van der Waals surface area contributed by atoms with E-state index in [9.17, 15) is 0 Å². The van der Waals surface area contributed by atoms with Crippen LogP contribution in [0.25, 0.3) is 11.0 Å². The maximum atomic E-state index is 5.61. The first kappa shape index (κ1) is 18.4. The molecular weight excluding hydrogens is 382 g/mol. The maximum absolute atomic E-state index is 5.61. The number of hydrogen-bond acceptors (Lipinski definition) is 7. The Balaban J connectivity index is 1.43. The number of pyridine rings is 1. The summed E-state index contributed by atoms with van der Waals surface area (Å²) in [5.41, 5.74) is 3.14. The van der Waals surface area contributed by atoms with Crippen molar-refractivity contribution in [3.8, 4) is 0 Å². The lowest BCUT2D eigenvalue weighted by molar-refractivity contribution is 0.331. The summed E-state index contributed by atoms with van der Waals surface area (Å²) in [5.74, 6) is 1.29. The van der Waals surface area contributed by atoms with Gasteiger partial charge in [-0.1, -0.05) is 12.2 Å². The lowest BCUT2D eigenvalue weighted by Gasteiger charge is -2.34. The molecule has 0 aromatic carbocycles. The highest BCUT2D eigenvalue weighted by Crippen LogP contribution is 2.35. The lowest BCUT2D eigenvalue weighted by atomic mass is 9.92. The van der Waals surface area contributed by atoms with Crippen LogP contribution in [0.4, 0.5) is 17.5 Å². The van der Waals surface area contributed by atoms with Crippen LogP contribution in [0.3, 0.4) is 0 Å². The third-order valence-electron chi connectivity index (χ3n) is 5.87. The van der Waals surface area contributed by atoms with Crippen LogP contribution in [0, 0.1) is 0 Å². The van der Waals surface area contributed by atoms with E-state index in [4.69, 9.17) is 17.2 Å². The smallest absolute Gasteiger partial charge is 0.230 e. The highest BCUT2D eigenvalue weighted by atomic mass is 32.1. The van der Waals surface area contributed by atoms with Crippen molar-refractivity contribution in [2.24, 2.45) is 0 Å². The molecule has 2 aliphatic heterocycles. The van der Waals surface area contributed by atoms with Crippen LogP contribution in [0.15, 0.2) is 30.6 Å². The monoisotopic (exact) mass is 407 g/mol. The molecule has 1 saturated heterocycles. The molecule has 8 heteroatoms. The lowest BCUT2D eigenvalue weighted by Crippen LogP contribution is -2.43. The molecule has 0 amide bonds. The second-order valence-electron chi connectivity index (χ2n) is 8.34. The van der Waals surface area contributed by atoms with Gasteiger partial charge in [0.1, 0.15) is 11.5 Å². The van der Waals surface area contributed by atoms with Crippen LogP contribution in [-0.2, 0) is 5.54 Å². The Hall–Kier alpha value is -2.58. The molecular formula is C21H25N7S. The predicted octanol–water partition coefficient (Wildman–Crippen LogP) is 3.23. The molecule has 150 valence electrons. The number of hydrogen-bond donors (Lipinski definition) is 2. The number of piperazine rings is 1. The first-order valence-electron chi connectivity index (χ1n) is 10.1. The molecule has 5 heterocycles. The molecule has 0 bridgehead atoms. The number of aromatic nitrogens is 4. The first-order chi connectivity index (χ1) is 14.0. The van der Waals surface area contributed by atoms with Gasteiger partial charge in [-0.3, -0.25) is 0 Å². The van der Waals surface area contributed by atoms with Gasteiger partial charge < -0.3 is 20.1 Å². The van der Waals surface area contributed by atoms with Gasteiger partial charge in [0.25, 0.3) is 0 Å². The Morgan fingerprint density at radius 1 is 1.14 bits per heavy atom. The fraction of sp³-hybridized carbons (Fsp3) is 0.429. The Morgan fingerprint density at radius 3 is 2.72 bits per heavy atom. The summed E-state index contributed by atoms with van der Waals surface area (Å²) in [7, 11) is 0. The molecule has 0 aliphatic carbocycles. The van der Waals surface area contributed by atoms with E-state index in [1.807, 2.05) is 18.5 Å². The molecule has 0 radical (unpaired) electrons. The number of thiocarbonyl (C=S) groups is 1. The summed E-state index contributed by atoms with van der Waals surface area (Å²) < 4.78 is 2.27. The van der Waals surface area contributed by atoms with Crippen molar-refractivity contribution >= 4 is 45.6 Å². The van der Waals surface area contributed by atoms with E-state index in [2.05, 4.69) is 56.0 Å². The van der Waals surface area contributed by atoms with Gasteiger partial charge in [-0.05, 0) is 44.9 Å². The zero-order valence-electron chi connectivity index (χ0n) is 16.8. The fourth-order valence-corrected chi connectivity index (χ4v) is 4.46. The van der Waals surface area contributed by atoms with Gasteiger partial charge in [-0.25, -0.2) is 9.97 Å². The van der Waals surface area contributed by atoms with Crippen LogP contribution in [0.5, 0.6) is 0 Å². The highest BCUT2D eigenvalue weighted by Gasteiger charge is 2.31. The topological polar surface area (TPSA) is 70.9 Å². The Bertz CT molecular complexity index is 1060. The summed E-state index contributed by atoms with van der Waals surface area (Å²) >= 11 is 5.61. The molecule has 1 fully saturated rings. The molecule has 5 rings (SSSR count). The molecule has 3 aromatic heterocycles. The molecule has 3 aromatic rings. The van der Waals surface area contributed by atoms with Crippen molar-refractivity contribution in [3.05, 3.63) is 36.3 Å². The number of fused-ring (bicyclic) bond motifs is 3. The van der Waals surface area contributed by atoms with Gasteiger partial charge in [0.15, 0.2) is 0 Å². The number of anilines is 3. The Kier molecular flexibility index (Phi) is 4.48. The van der Waals surface area contributed by atoms with E-state index in [0.717, 1.165) is 72.1 Å². The van der Waals surface area contributed by atoms with Crippen molar-refractivity contribution in [3.63, 3.8) is 0 Å². The van der Waals surface area contributed by atoms with Crippen molar-refractivity contribution < 1.29 is 0 Å². The molecule has 0 atom stereocenters. The first-order valence-corrected chi connectivity index (χ1v) is 10.5. The van der Waals surface area contributed by atoms with E-state index in [1.54, 1.807) is 0 Å². The van der Waals surface area contributed by atoms with E-state index in [0.29, 0.717) is 5.95 Å². The van der Waals surface area contributed by atoms with E-state index < -0.39 is 0 Å². The molecule has 0 spiro atoms. The molecule has 0 saturated carbocycles. The molecule has 2 aliphatic rings. The second-order valence-corrected chi connectivity index (χ2v) is 8.83. The van der Waals surface area contributed by atoms with Gasteiger partial charge in [0.2, 0.25) is 5.95 Å². The van der Waals surface area contributed by atoms with E-state index >= 15 is 0 Å². The Morgan fingerprint density at radius 2 is 1.97 bits per heavy atom. The van der Waals surface area contributed by atoms with Crippen LogP contribution in [-0.4, -0.2) is 50.6 Å². The van der Waals surface area contributed by atoms with Crippen LogP contribution >= 0.6 is 12.2 Å². The summed E-state index contributed by atoms with van der Waals surface area (Å²) in [6, 6.07) is 6.19. The van der Waals surface area contributed by atoms with Crippen LogP contribution in [0.2, 0.25) is 0 Å². The SMILES string of the molecule is CC1(C)CCC(=S)c2cc3cnc(Nc4ccc(N5CCNCC5)cn4)nc3n21. The summed E-state index contributed by atoms with van der Waals surface area (Å²) in [4.78, 5) is 17.2. The van der Waals surface area contributed by atoms with Gasteiger partial charge in [-0.15, -0.1) is 0 Å². The maximum Gasteiger partial charge on any atom is 0.230 e. The standard InChI is InChI=1S/C21H25N7S/c1-21(2)6-5-17(29)16-11-14-12-24-20(26-19(14)28(16)21)25-18-4-3-15(13-23-18)27-9-7-22-8-10-27/h3-4,11-13,22H,5-10H2,1-2H3,(H,23,24,25,26). The van der Waals surface area contributed by atoms with Crippen molar-refractivity contribution in [1.82, 2.24) is 24.8 Å². The average molecular weight is 408 g/mol. The summed E-state index contributed by atoms with van der Waals surface area (Å²) in [5, 5.41) is 7.64. The second kappa shape index (κ2) is 7.03. The average Bonchev–Trinajstić information content (AvgIpc) is 3.13. The molecule has 2 N–H and O–H groups in total. The third-order valence-corrected chi connectivity index (χ3v) is 6.28. The highest BCUT2D eigenvalue weighted by molar-refractivity contribution is 7.80. The van der Waals surface area contributed by atoms with Crippen molar-refractivity contribution in [2.75, 3.05) is 36.4 Å². The molecule has 7 nitrogen and oxygen atoms in total. The normalized spacial score (nSPS) is 18.7. The molecule has 29 heavy (non-hydrogen) atoms. The summed E-state index contributed by atoms with van der Waals surface area (Å²) in [6.45, 7) is 8.51. The van der Waals surface area contributed by atoms with Gasteiger partial charge in [0.05, 0.1) is 17.6 Å². The minimum absolute atomic E-state index is 0.0196. The van der Waals surface area contributed by atoms with E-state index in [1.165, 1.54) is 0 Å². The minimum Gasteiger partial charge on any atom is -0.368 e. The third kappa shape index (κ3) is 3.36. The molecule has 0 unspecified atom stereocenters. The predicted molar refractivity (Wildman–Crippen MR) is 120 cm³/mol. The van der Waals surface area contributed by atoms with E-state index in [-0.39, 0.29) is 5.54 Å². The van der Waals surface area contributed by atoms with Crippen LogP contribution < -0.4 is 15.5 Å². The minimum atomic E-state index is -0.0196. The number of nitrogens with one attached hydrogen (secondary N) is 2. The zero-order chi connectivity index (χ0) is 20.0. The number of nitrogens with zero attached hydrogens (tertiary/aromatic N) is 5. The summed E-state index contributed by atoms with van der Waals surface area (Å²) in [6.07, 6.45) is 5.74. The Labute approximate surface area is 175 Å². The van der Waals surface area contributed by atoms with Gasteiger partial charge >= 0.3 is 0 Å².